The molecule has 0 amide bonds. The molecule has 2 rings (SSSR count). The topological polar surface area (TPSA) is 0 Å². The fourth-order valence-corrected chi connectivity index (χ4v) is 2.58. The summed E-state index contributed by atoms with van der Waals surface area (Å²) in [5.74, 6) is 0. The van der Waals surface area contributed by atoms with E-state index in [0.717, 1.165) is 0 Å². The van der Waals surface area contributed by atoms with Gasteiger partial charge in [0.05, 0.1) is 0 Å². The van der Waals surface area contributed by atoms with Crippen molar-refractivity contribution in [3.05, 3.63) is 84.4 Å². The third kappa shape index (κ3) is 2.86. The number of allylic oxidation sites excluding steroid dienone is 2. The summed E-state index contributed by atoms with van der Waals surface area (Å²) in [5, 5.41) is 0. The molecule has 0 fully saturated rings. The lowest BCUT2D eigenvalue weighted by Crippen LogP contribution is -1.84. The smallest absolute Gasteiger partial charge is 0.0280 e. The molecule has 0 bridgehead atoms. The first-order valence-corrected chi connectivity index (χ1v) is 6.54. The van der Waals surface area contributed by atoms with E-state index in [2.05, 4.69) is 65.6 Å². The van der Waals surface area contributed by atoms with E-state index < -0.39 is 0 Å². The van der Waals surface area contributed by atoms with Crippen molar-refractivity contribution in [1.29, 1.82) is 0 Å². The van der Waals surface area contributed by atoms with E-state index >= 15 is 0 Å². The van der Waals surface area contributed by atoms with Gasteiger partial charge in [0.1, 0.15) is 0 Å². The number of hydrogen-bond acceptors (Lipinski definition) is 0. The lowest BCUT2D eigenvalue weighted by Gasteiger charge is -2.07. The van der Waals surface area contributed by atoms with Gasteiger partial charge in [-0.3, -0.25) is 0 Å². The summed E-state index contributed by atoms with van der Waals surface area (Å²) < 4.78 is 1.23. The predicted octanol–water partition coefficient (Wildman–Crippen LogP) is 5.18. The van der Waals surface area contributed by atoms with Gasteiger partial charge in [0.2, 0.25) is 0 Å². The maximum Gasteiger partial charge on any atom is 0.0280 e. The van der Waals surface area contributed by atoms with Crippen LogP contribution in [0.1, 0.15) is 11.1 Å². The lowest BCUT2D eigenvalue weighted by molar-refractivity contribution is 1.61. The number of hydrogen-bond donors (Lipinski definition) is 0. The van der Waals surface area contributed by atoms with Crippen molar-refractivity contribution in [2.45, 2.75) is 0 Å². The van der Waals surface area contributed by atoms with Gasteiger partial charge in [-0.25, -0.2) is 0 Å². The minimum Gasteiger partial charge on any atom is -0.0984 e. The van der Waals surface area contributed by atoms with Crippen LogP contribution in [0.4, 0.5) is 0 Å². The molecule has 2 aromatic carbocycles. The molecule has 0 unspecified atom stereocenters. The van der Waals surface area contributed by atoms with Gasteiger partial charge in [0.25, 0.3) is 0 Å². The Morgan fingerprint density at radius 2 is 1.29 bits per heavy atom. The first-order valence-electron chi connectivity index (χ1n) is 5.46. The highest BCUT2D eigenvalue weighted by Crippen LogP contribution is 2.32. The molecule has 0 spiro atoms. The summed E-state index contributed by atoms with van der Waals surface area (Å²) in [7, 11) is 0. The summed E-state index contributed by atoms with van der Waals surface area (Å²) in [6.07, 6.45) is 1.92. The number of halogens is 1. The standard InChI is InChI=1S/C16H13I/c1-2-15(13-9-5-3-6-10-13)16(17)14-11-7-4-8-12-14/h2-12H,1H2/b16-15+. The largest absolute Gasteiger partial charge is 0.0984 e. The van der Waals surface area contributed by atoms with Crippen LogP contribution in [0, 0.1) is 0 Å². The third-order valence-electron chi connectivity index (χ3n) is 2.55. The zero-order chi connectivity index (χ0) is 12.1. The van der Waals surface area contributed by atoms with Crippen LogP contribution in [-0.4, -0.2) is 0 Å². The highest BCUT2D eigenvalue weighted by atomic mass is 127. The summed E-state index contributed by atoms with van der Waals surface area (Å²) in [4.78, 5) is 0. The van der Waals surface area contributed by atoms with Crippen molar-refractivity contribution in [2.24, 2.45) is 0 Å². The molecule has 0 aromatic heterocycles. The van der Waals surface area contributed by atoms with Gasteiger partial charge >= 0.3 is 0 Å². The van der Waals surface area contributed by atoms with Crippen molar-refractivity contribution in [2.75, 3.05) is 0 Å². The fraction of sp³-hybridized carbons (Fsp3) is 0. The Bertz CT molecular complexity index is 524. The minimum absolute atomic E-state index is 1.18. The third-order valence-corrected chi connectivity index (χ3v) is 3.76. The maximum atomic E-state index is 3.92. The van der Waals surface area contributed by atoms with Gasteiger partial charge in [0, 0.05) is 3.58 Å². The Hall–Kier alpha value is -1.35. The molecule has 2 aromatic rings. The van der Waals surface area contributed by atoms with Crippen LogP contribution >= 0.6 is 22.6 Å². The zero-order valence-corrected chi connectivity index (χ0v) is 11.6. The highest BCUT2D eigenvalue weighted by molar-refractivity contribution is 14.1. The first-order chi connectivity index (χ1) is 8.33. The lowest BCUT2D eigenvalue weighted by atomic mass is 10.0. The van der Waals surface area contributed by atoms with E-state index in [1.165, 1.54) is 20.3 Å². The average Bonchev–Trinajstić information content (AvgIpc) is 2.42. The van der Waals surface area contributed by atoms with E-state index in [1.807, 2.05) is 30.3 Å². The second kappa shape index (κ2) is 5.82. The highest BCUT2D eigenvalue weighted by Gasteiger charge is 2.05. The molecule has 0 aliphatic heterocycles. The molecular weight excluding hydrogens is 319 g/mol. The minimum atomic E-state index is 1.18. The van der Waals surface area contributed by atoms with Gasteiger partial charge in [-0.1, -0.05) is 73.3 Å². The summed E-state index contributed by atoms with van der Waals surface area (Å²) >= 11 is 2.38. The van der Waals surface area contributed by atoms with E-state index in [0.29, 0.717) is 0 Å². The Labute approximate surface area is 116 Å². The number of benzene rings is 2. The zero-order valence-electron chi connectivity index (χ0n) is 9.44. The van der Waals surface area contributed by atoms with Crippen LogP contribution < -0.4 is 0 Å². The summed E-state index contributed by atoms with van der Waals surface area (Å²) in [6, 6.07) is 20.7. The van der Waals surface area contributed by atoms with E-state index in [9.17, 15) is 0 Å². The molecule has 0 aliphatic carbocycles. The summed E-state index contributed by atoms with van der Waals surface area (Å²) in [6.45, 7) is 3.92. The van der Waals surface area contributed by atoms with Gasteiger partial charge in [-0.05, 0) is 39.3 Å². The van der Waals surface area contributed by atoms with Crippen molar-refractivity contribution >= 4 is 31.7 Å². The molecule has 17 heavy (non-hydrogen) atoms. The van der Waals surface area contributed by atoms with Gasteiger partial charge in [-0.2, -0.15) is 0 Å². The van der Waals surface area contributed by atoms with E-state index in [1.54, 1.807) is 0 Å². The fourth-order valence-electron chi connectivity index (χ4n) is 1.69. The van der Waals surface area contributed by atoms with E-state index in [-0.39, 0.29) is 0 Å². The Morgan fingerprint density at radius 3 is 1.76 bits per heavy atom. The summed E-state index contributed by atoms with van der Waals surface area (Å²) in [5.41, 5.74) is 3.61. The molecule has 0 nitrogen and oxygen atoms in total. The van der Waals surface area contributed by atoms with Crippen molar-refractivity contribution in [3.8, 4) is 0 Å². The molecular formula is C16H13I. The molecule has 0 N–H and O–H groups in total. The van der Waals surface area contributed by atoms with Crippen LogP contribution in [0.2, 0.25) is 0 Å². The van der Waals surface area contributed by atoms with Crippen LogP contribution in [0.15, 0.2) is 73.3 Å². The second-order valence-corrected chi connectivity index (χ2v) is 4.74. The van der Waals surface area contributed by atoms with Crippen molar-refractivity contribution < 1.29 is 0 Å². The Morgan fingerprint density at radius 1 is 0.824 bits per heavy atom. The Kier molecular flexibility index (Phi) is 4.15. The predicted molar refractivity (Wildman–Crippen MR) is 83.9 cm³/mol. The molecule has 0 aliphatic rings. The molecule has 1 heteroatoms. The SMILES string of the molecule is C=C/C(=C(\I)c1ccccc1)c1ccccc1. The second-order valence-electron chi connectivity index (χ2n) is 3.66. The van der Waals surface area contributed by atoms with Crippen molar-refractivity contribution in [1.82, 2.24) is 0 Å². The van der Waals surface area contributed by atoms with Crippen LogP contribution in [0.3, 0.4) is 0 Å². The van der Waals surface area contributed by atoms with Gasteiger partial charge in [-0.15, -0.1) is 0 Å². The molecule has 0 atom stereocenters. The number of rotatable bonds is 3. The maximum absolute atomic E-state index is 3.92. The molecule has 0 heterocycles. The van der Waals surface area contributed by atoms with Crippen molar-refractivity contribution in [3.63, 3.8) is 0 Å². The quantitative estimate of drug-likeness (QED) is 0.413. The molecule has 84 valence electrons. The first kappa shape index (κ1) is 12.1. The van der Waals surface area contributed by atoms with E-state index in [4.69, 9.17) is 0 Å². The van der Waals surface area contributed by atoms with Crippen LogP contribution in [0.25, 0.3) is 9.15 Å². The average molecular weight is 332 g/mol. The molecule has 0 radical (unpaired) electrons. The molecule has 0 saturated heterocycles. The van der Waals surface area contributed by atoms with Gasteiger partial charge < -0.3 is 0 Å². The Balaban J connectivity index is 2.52. The normalized spacial score (nSPS) is 11.8. The van der Waals surface area contributed by atoms with Gasteiger partial charge in [0.15, 0.2) is 0 Å². The molecule has 0 saturated carbocycles. The van der Waals surface area contributed by atoms with Crippen LogP contribution in [-0.2, 0) is 0 Å². The van der Waals surface area contributed by atoms with Crippen LogP contribution in [0.5, 0.6) is 0 Å². The monoisotopic (exact) mass is 332 g/mol.